The number of hydrogen-bond donors (Lipinski definition) is 0. The van der Waals surface area contributed by atoms with Gasteiger partial charge in [0.25, 0.3) is 0 Å². The van der Waals surface area contributed by atoms with Crippen LogP contribution in [0.1, 0.15) is 48.0 Å². The molecule has 0 rings (SSSR count). The molecule has 0 aromatic carbocycles. The van der Waals surface area contributed by atoms with Crippen molar-refractivity contribution in [3.63, 3.8) is 0 Å². The standard InChI is InChI=1S/C14H24O7/c1-8-11(15)17-10(2)18-12(16)19-21-20-14(6,7)9-13(3,4)5/h8,10H,1,9H2,2-7H3. The molecule has 0 saturated carbocycles. The summed E-state index contributed by atoms with van der Waals surface area (Å²) in [4.78, 5) is 31.4. The number of rotatable bonds is 7. The van der Waals surface area contributed by atoms with Crippen LogP contribution in [0.2, 0.25) is 0 Å². The second-order valence-corrected chi connectivity index (χ2v) is 6.31. The minimum absolute atomic E-state index is 0.0147. The predicted molar refractivity (Wildman–Crippen MR) is 73.6 cm³/mol. The summed E-state index contributed by atoms with van der Waals surface area (Å²) in [7, 11) is 0. The van der Waals surface area contributed by atoms with E-state index in [1.54, 1.807) is 13.8 Å². The topological polar surface area (TPSA) is 80.3 Å². The van der Waals surface area contributed by atoms with Crippen LogP contribution in [0.25, 0.3) is 0 Å². The van der Waals surface area contributed by atoms with Crippen molar-refractivity contribution in [2.75, 3.05) is 0 Å². The number of hydrogen-bond acceptors (Lipinski definition) is 7. The first-order valence-corrected chi connectivity index (χ1v) is 6.51. The molecular weight excluding hydrogens is 280 g/mol. The van der Waals surface area contributed by atoms with Crippen LogP contribution in [-0.2, 0) is 29.1 Å². The highest BCUT2D eigenvalue weighted by atomic mass is 17.5. The van der Waals surface area contributed by atoms with Crippen LogP contribution in [-0.4, -0.2) is 24.0 Å². The Bertz CT molecular complexity index is 368. The van der Waals surface area contributed by atoms with Gasteiger partial charge in [0.1, 0.15) is 5.60 Å². The average Bonchev–Trinajstić information content (AvgIpc) is 2.24. The smallest absolute Gasteiger partial charge is 0.422 e. The van der Waals surface area contributed by atoms with Crippen molar-refractivity contribution in [1.82, 2.24) is 0 Å². The van der Waals surface area contributed by atoms with Gasteiger partial charge in [-0.1, -0.05) is 27.4 Å². The third-order valence-corrected chi connectivity index (χ3v) is 2.03. The molecule has 0 amide bonds. The minimum Gasteiger partial charge on any atom is -0.422 e. The first-order chi connectivity index (χ1) is 9.45. The molecule has 0 aromatic heterocycles. The second-order valence-electron chi connectivity index (χ2n) is 6.31. The first-order valence-electron chi connectivity index (χ1n) is 6.51. The molecule has 0 N–H and O–H groups in total. The van der Waals surface area contributed by atoms with Gasteiger partial charge in [0.2, 0.25) is 6.29 Å². The van der Waals surface area contributed by atoms with Gasteiger partial charge in [-0.15, -0.1) is 0 Å². The van der Waals surface area contributed by atoms with E-state index in [9.17, 15) is 9.59 Å². The lowest BCUT2D eigenvalue weighted by molar-refractivity contribution is -0.519. The Morgan fingerprint density at radius 3 is 2.19 bits per heavy atom. The van der Waals surface area contributed by atoms with E-state index < -0.39 is 24.0 Å². The molecular formula is C14H24O7. The molecule has 122 valence electrons. The van der Waals surface area contributed by atoms with Crippen LogP contribution in [0.15, 0.2) is 12.7 Å². The summed E-state index contributed by atoms with van der Waals surface area (Å²) < 4.78 is 9.19. The van der Waals surface area contributed by atoms with Gasteiger partial charge in [-0.25, -0.2) is 14.5 Å². The number of ether oxygens (including phenoxy) is 2. The normalized spacial score (nSPS) is 13.2. The van der Waals surface area contributed by atoms with E-state index in [1.807, 2.05) is 20.8 Å². The molecule has 7 heteroatoms. The van der Waals surface area contributed by atoms with E-state index in [1.165, 1.54) is 6.92 Å². The van der Waals surface area contributed by atoms with Crippen LogP contribution in [0, 0.1) is 5.41 Å². The molecule has 0 heterocycles. The zero-order chi connectivity index (χ0) is 16.7. The van der Waals surface area contributed by atoms with E-state index in [2.05, 4.69) is 26.0 Å². The Balaban J connectivity index is 4.04. The molecule has 1 atom stereocenters. The summed E-state index contributed by atoms with van der Waals surface area (Å²) in [6.07, 6.45) is -0.703. The maximum atomic E-state index is 11.2. The van der Waals surface area contributed by atoms with Gasteiger partial charge in [0, 0.05) is 13.0 Å². The lowest BCUT2D eigenvalue weighted by atomic mass is 9.84. The molecule has 0 saturated heterocycles. The summed E-state index contributed by atoms with van der Waals surface area (Å²) in [6, 6.07) is 0. The maximum absolute atomic E-state index is 11.2. The fraction of sp³-hybridized carbons (Fsp3) is 0.714. The highest BCUT2D eigenvalue weighted by molar-refractivity contribution is 5.81. The summed E-state index contributed by atoms with van der Waals surface area (Å²) in [5, 5.41) is 4.40. The van der Waals surface area contributed by atoms with Crippen molar-refractivity contribution in [3.05, 3.63) is 12.7 Å². The Morgan fingerprint density at radius 2 is 1.71 bits per heavy atom. The highest BCUT2D eigenvalue weighted by Crippen LogP contribution is 2.29. The van der Waals surface area contributed by atoms with Crippen LogP contribution in [0.5, 0.6) is 0 Å². The Kier molecular flexibility index (Phi) is 7.38. The second kappa shape index (κ2) is 7.99. The van der Waals surface area contributed by atoms with Crippen molar-refractivity contribution in [2.45, 2.75) is 59.9 Å². The lowest BCUT2D eigenvalue weighted by Crippen LogP contribution is -2.31. The van der Waals surface area contributed by atoms with Crippen molar-refractivity contribution in [3.8, 4) is 0 Å². The summed E-state index contributed by atoms with van der Waals surface area (Å²) >= 11 is 0. The zero-order valence-corrected chi connectivity index (χ0v) is 13.4. The van der Waals surface area contributed by atoms with E-state index >= 15 is 0 Å². The number of carbonyl (C=O) groups is 2. The van der Waals surface area contributed by atoms with Crippen LogP contribution < -0.4 is 0 Å². The molecule has 1 unspecified atom stereocenters. The van der Waals surface area contributed by atoms with Gasteiger partial charge >= 0.3 is 12.1 Å². The maximum Gasteiger partial charge on any atom is 0.545 e. The third kappa shape index (κ3) is 10.8. The predicted octanol–water partition coefficient (Wildman–Crippen LogP) is 3.29. The van der Waals surface area contributed by atoms with Gasteiger partial charge < -0.3 is 9.47 Å². The zero-order valence-electron chi connectivity index (χ0n) is 13.4. The van der Waals surface area contributed by atoms with Gasteiger partial charge in [-0.2, -0.15) is 4.89 Å². The molecule has 0 radical (unpaired) electrons. The Morgan fingerprint density at radius 1 is 1.14 bits per heavy atom. The Labute approximate surface area is 125 Å². The molecule has 0 spiro atoms. The summed E-state index contributed by atoms with van der Waals surface area (Å²) in [5.74, 6) is -0.723. The SMILES string of the molecule is C=CC(=O)OC(C)OC(=O)OOOC(C)(C)CC(C)(C)C. The molecule has 7 nitrogen and oxygen atoms in total. The quantitative estimate of drug-likeness (QED) is 0.235. The van der Waals surface area contributed by atoms with Crippen molar-refractivity contribution in [2.24, 2.45) is 5.41 Å². The number of carbonyl (C=O) groups excluding carboxylic acids is 2. The fourth-order valence-corrected chi connectivity index (χ4v) is 1.83. The monoisotopic (exact) mass is 304 g/mol. The van der Waals surface area contributed by atoms with Crippen LogP contribution >= 0.6 is 0 Å². The highest BCUT2D eigenvalue weighted by Gasteiger charge is 2.28. The van der Waals surface area contributed by atoms with Gasteiger partial charge in [0.15, 0.2) is 0 Å². The molecule has 0 aliphatic heterocycles. The summed E-state index contributed by atoms with van der Waals surface area (Å²) in [6.45, 7) is 14.3. The summed E-state index contributed by atoms with van der Waals surface area (Å²) in [5.41, 5.74) is -0.639. The first kappa shape index (κ1) is 19.4. The van der Waals surface area contributed by atoms with E-state index in [4.69, 9.17) is 4.89 Å². The van der Waals surface area contributed by atoms with E-state index in [0.29, 0.717) is 6.42 Å². The number of esters is 1. The van der Waals surface area contributed by atoms with Gasteiger partial charge in [0.05, 0.1) is 0 Å². The van der Waals surface area contributed by atoms with Crippen LogP contribution in [0.4, 0.5) is 4.79 Å². The third-order valence-electron chi connectivity index (χ3n) is 2.03. The fourth-order valence-electron chi connectivity index (χ4n) is 1.83. The Hall–Kier alpha value is -1.60. The minimum atomic E-state index is -1.19. The van der Waals surface area contributed by atoms with Crippen molar-refractivity contribution < 1.29 is 33.9 Å². The van der Waals surface area contributed by atoms with Gasteiger partial charge in [-0.3, -0.25) is 0 Å². The lowest BCUT2D eigenvalue weighted by Gasteiger charge is -2.29. The van der Waals surface area contributed by atoms with Gasteiger partial charge in [-0.05, 0) is 30.7 Å². The molecule has 0 bridgehead atoms. The molecule has 21 heavy (non-hydrogen) atoms. The molecule has 0 aliphatic carbocycles. The molecule has 0 aromatic rings. The van der Waals surface area contributed by atoms with E-state index in [-0.39, 0.29) is 5.41 Å². The molecule has 0 fully saturated rings. The van der Waals surface area contributed by atoms with Crippen molar-refractivity contribution in [1.29, 1.82) is 0 Å². The van der Waals surface area contributed by atoms with E-state index in [0.717, 1.165) is 6.08 Å². The average molecular weight is 304 g/mol. The largest absolute Gasteiger partial charge is 0.545 e. The molecule has 0 aliphatic rings. The van der Waals surface area contributed by atoms with Crippen LogP contribution in [0.3, 0.4) is 0 Å². The van der Waals surface area contributed by atoms with Crippen molar-refractivity contribution >= 4 is 12.1 Å².